The summed E-state index contributed by atoms with van der Waals surface area (Å²) in [6, 6.07) is 7.42. The molecule has 2 N–H and O–H groups in total. The number of piperazine rings is 1. The minimum atomic E-state index is -5.08. The molecule has 0 atom stereocenters. The number of carboxylic acids is 1. The molecular formula is C20H27BrF3N3O4. The predicted molar refractivity (Wildman–Crippen MR) is 113 cm³/mol. The molecule has 1 saturated heterocycles. The van der Waals surface area contributed by atoms with E-state index in [1.165, 1.54) is 0 Å². The number of benzene rings is 1. The molecule has 1 aliphatic heterocycles. The van der Waals surface area contributed by atoms with Crippen molar-refractivity contribution in [3.8, 4) is 0 Å². The highest BCUT2D eigenvalue weighted by Crippen LogP contribution is 2.15. The molecule has 0 spiro atoms. The van der Waals surface area contributed by atoms with Gasteiger partial charge in [-0.05, 0) is 24.6 Å². The van der Waals surface area contributed by atoms with E-state index in [0.29, 0.717) is 25.1 Å². The quantitative estimate of drug-likeness (QED) is 0.589. The maximum Gasteiger partial charge on any atom is 0.490 e. The molecule has 31 heavy (non-hydrogen) atoms. The van der Waals surface area contributed by atoms with E-state index in [1.807, 2.05) is 34.1 Å². The average Bonchev–Trinajstić information content (AvgIpc) is 2.73. The molecule has 1 heterocycles. The van der Waals surface area contributed by atoms with Crippen LogP contribution in [0.25, 0.3) is 0 Å². The molecule has 1 aromatic carbocycles. The SMILES string of the molecule is CCCCN(CCC(=O)N1CCNCC1)C(=O)c1cccc(Br)c1.O=C(O)C(F)(F)F. The van der Waals surface area contributed by atoms with Crippen LogP contribution >= 0.6 is 15.9 Å². The normalized spacial score (nSPS) is 13.8. The van der Waals surface area contributed by atoms with Crippen LogP contribution in [0.3, 0.4) is 0 Å². The molecule has 0 aromatic heterocycles. The van der Waals surface area contributed by atoms with Gasteiger partial charge in [0.1, 0.15) is 0 Å². The van der Waals surface area contributed by atoms with Crippen LogP contribution in [0.2, 0.25) is 0 Å². The summed E-state index contributed by atoms with van der Waals surface area (Å²) in [5, 5.41) is 10.4. The summed E-state index contributed by atoms with van der Waals surface area (Å²) in [5.41, 5.74) is 0.662. The number of aliphatic carboxylic acids is 1. The first-order valence-corrected chi connectivity index (χ1v) is 10.7. The van der Waals surface area contributed by atoms with E-state index in [9.17, 15) is 22.8 Å². The maximum absolute atomic E-state index is 12.8. The molecule has 1 fully saturated rings. The molecule has 1 aliphatic rings. The van der Waals surface area contributed by atoms with Gasteiger partial charge in [-0.15, -0.1) is 0 Å². The second kappa shape index (κ2) is 13.3. The lowest BCUT2D eigenvalue weighted by atomic mass is 10.1. The van der Waals surface area contributed by atoms with Crippen molar-refractivity contribution < 1.29 is 32.7 Å². The van der Waals surface area contributed by atoms with Crippen LogP contribution in [-0.4, -0.2) is 78.1 Å². The standard InChI is InChI=1S/C18H26BrN3O2.C2HF3O2/c1-2-3-10-22(18(24)15-5-4-6-16(19)14-15)11-7-17(23)21-12-8-20-9-13-21;3-2(4,5)1(6)7/h4-6,14,20H,2-3,7-13H2,1H3;(H,6,7). The van der Waals surface area contributed by atoms with E-state index in [2.05, 4.69) is 28.2 Å². The Balaban J connectivity index is 0.000000592. The van der Waals surface area contributed by atoms with Gasteiger partial charge in [0.2, 0.25) is 5.91 Å². The monoisotopic (exact) mass is 509 g/mol. The van der Waals surface area contributed by atoms with E-state index >= 15 is 0 Å². The number of alkyl halides is 3. The molecular weight excluding hydrogens is 483 g/mol. The Bertz CT molecular complexity index is 741. The highest BCUT2D eigenvalue weighted by molar-refractivity contribution is 9.10. The van der Waals surface area contributed by atoms with Crippen molar-refractivity contribution in [1.82, 2.24) is 15.1 Å². The Morgan fingerprint density at radius 1 is 1.19 bits per heavy atom. The van der Waals surface area contributed by atoms with Crippen molar-refractivity contribution in [1.29, 1.82) is 0 Å². The Hall–Kier alpha value is -2.14. The zero-order valence-corrected chi connectivity index (χ0v) is 18.8. The number of halogens is 4. The third kappa shape index (κ3) is 10.1. The zero-order chi connectivity index (χ0) is 23.4. The van der Waals surface area contributed by atoms with Crippen molar-refractivity contribution in [3.05, 3.63) is 34.3 Å². The molecule has 0 unspecified atom stereocenters. The van der Waals surface area contributed by atoms with E-state index in [4.69, 9.17) is 9.90 Å². The lowest BCUT2D eigenvalue weighted by Crippen LogP contribution is -2.47. The second-order valence-corrected chi connectivity index (χ2v) is 7.76. The van der Waals surface area contributed by atoms with Crippen molar-refractivity contribution in [3.63, 3.8) is 0 Å². The van der Waals surface area contributed by atoms with Gasteiger partial charge in [0.15, 0.2) is 0 Å². The van der Waals surface area contributed by atoms with Gasteiger partial charge >= 0.3 is 12.1 Å². The van der Waals surface area contributed by atoms with Gasteiger partial charge in [-0.25, -0.2) is 4.79 Å². The molecule has 0 radical (unpaired) electrons. The van der Waals surface area contributed by atoms with Crippen LogP contribution in [0.1, 0.15) is 36.5 Å². The fourth-order valence-corrected chi connectivity index (χ4v) is 3.17. The van der Waals surface area contributed by atoms with Gasteiger partial charge < -0.3 is 20.2 Å². The molecule has 11 heteroatoms. The molecule has 0 bridgehead atoms. The third-order valence-corrected chi connectivity index (χ3v) is 4.94. The molecule has 0 aliphatic carbocycles. The first-order chi connectivity index (χ1) is 14.6. The number of hydrogen-bond acceptors (Lipinski definition) is 4. The molecule has 2 rings (SSSR count). The number of carboxylic acid groups (broad SMARTS) is 1. The first-order valence-electron chi connectivity index (χ1n) is 9.89. The molecule has 1 aromatic rings. The summed E-state index contributed by atoms with van der Waals surface area (Å²) in [6.07, 6.45) is -2.72. The fourth-order valence-electron chi connectivity index (χ4n) is 2.77. The van der Waals surface area contributed by atoms with Crippen molar-refractivity contribution in [2.75, 3.05) is 39.3 Å². The molecule has 174 valence electrons. The van der Waals surface area contributed by atoms with E-state index in [0.717, 1.165) is 43.5 Å². The van der Waals surface area contributed by atoms with Crippen LogP contribution < -0.4 is 5.32 Å². The smallest absolute Gasteiger partial charge is 0.475 e. The number of rotatable bonds is 7. The highest BCUT2D eigenvalue weighted by Gasteiger charge is 2.38. The Morgan fingerprint density at radius 3 is 2.32 bits per heavy atom. The lowest BCUT2D eigenvalue weighted by molar-refractivity contribution is -0.192. The number of amides is 2. The van der Waals surface area contributed by atoms with Crippen LogP contribution in [0.5, 0.6) is 0 Å². The number of nitrogens with one attached hydrogen (secondary N) is 1. The topological polar surface area (TPSA) is 90.0 Å². The number of carbonyl (C=O) groups is 3. The lowest BCUT2D eigenvalue weighted by Gasteiger charge is -2.29. The summed E-state index contributed by atoms with van der Waals surface area (Å²) in [5.74, 6) is -2.62. The average molecular weight is 510 g/mol. The van der Waals surface area contributed by atoms with Gasteiger partial charge in [-0.1, -0.05) is 35.3 Å². The van der Waals surface area contributed by atoms with Gasteiger partial charge in [-0.3, -0.25) is 9.59 Å². The van der Waals surface area contributed by atoms with E-state index < -0.39 is 12.1 Å². The molecule has 2 amide bonds. The Morgan fingerprint density at radius 2 is 1.81 bits per heavy atom. The van der Waals surface area contributed by atoms with Crippen LogP contribution in [0.15, 0.2) is 28.7 Å². The summed E-state index contributed by atoms with van der Waals surface area (Å²) >= 11 is 3.41. The zero-order valence-electron chi connectivity index (χ0n) is 17.3. The van der Waals surface area contributed by atoms with Crippen molar-refractivity contribution in [2.45, 2.75) is 32.4 Å². The van der Waals surface area contributed by atoms with E-state index in [-0.39, 0.29) is 11.8 Å². The Labute approximate surface area is 187 Å². The summed E-state index contributed by atoms with van der Waals surface area (Å²) in [6.45, 7) is 6.49. The number of hydrogen-bond donors (Lipinski definition) is 2. The maximum atomic E-state index is 12.8. The van der Waals surface area contributed by atoms with Gasteiger partial charge in [0, 0.05) is 55.7 Å². The van der Waals surface area contributed by atoms with Crippen molar-refractivity contribution >= 4 is 33.7 Å². The fraction of sp³-hybridized carbons (Fsp3) is 0.550. The number of unbranched alkanes of at least 4 members (excludes halogenated alkanes) is 1. The predicted octanol–water partition coefficient (Wildman–Crippen LogP) is 3.15. The highest BCUT2D eigenvalue weighted by atomic mass is 79.9. The van der Waals surface area contributed by atoms with Gasteiger partial charge in [-0.2, -0.15) is 13.2 Å². The minimum Gasteiger partial charge on any atom is -0.475 e. The second-order valence-electron chi connectivity index (χ2n) is 6.84. The van der Waals surface area contributed by atoms with Crippen molar-refractivity contribution in [2.24, 2.45) is 0 Å². The first kappa shape index (κ1) is 26.9. The third-order valence-electron chi connectivity index (χ3n) is 4.45. The summed E-state index contributed by atoms with van der Waals surface area (Å²) in [7, 11) is 0. The van der Waals surface area contributed by atoms with Gasteiger partial charge in [0.05, 0.1) is 0 Å². The van der Waals surface area contributed by atoms with Crippen LogP contribution in [0.4, 0.5) is 13.2 Å². The minimum absolute atomic E-state index is 0.00198. The molecule has 7 nitrogen and oxygen atoms in total. The summed E-state index contributed by atoms with van der Waals surface area (Å²) in [4.78, 5) is 37.7. The van der Waals surface area contributed by atoms with Crippen LogP contribution in [-0.2, 0) is 9.59 Å². The summed E-state index contributed by atoms with van der Waals surface area (Å²) < 4.78 is 32.6. The van der Waals surface area contributed by atoms with E-state index in [1.54, 1.807) is 0 Å². The largest absolute Gasteiger partial charge is 0.490 e. The molecule has 0 saturated carbocycles. The van der Waals surface area contributed by atoms with Gasteiger partial charge in [0.25, 0.3) is 5.91 Å². The Kier molecular flexibility index (Phi) is 11.5. The number of carbonyl (C=O) groups excluding carboxylic acids is 2. The number of nitrogens with zero attached hydrogens (tertiary/aromatic N) is 2. The van der Waals surface area contributed by atoms with Crippen LogP contribution in [0, 0.1) is 0 Å².